The second kappa shape index (κ2) is 8.97. The Morgan fingerprint density at radius 2 is 1.76 bits per heavy atom. The summed E-state index contributed by atoms with van der Waals surface area (Å²) in [5.41, 5.74) is 4.01. The van der Waals surface area contributed by atoms with Gasteiger partial charge in [-0.25, -0.2) is 4.79 Å². The van der Waals surface area contributed by atoms with Gasteiger partial charge in [0, 0.05) is 10.6 Å². The topological polar surface area (TPSA) is 50.4 Å². The first kappa shape index (κ1) is 19.4. The summed E-state index contributed by atoms with van der Waals surface area (Å²) in [7, 11) is 1.39. The normalized spacial score (nSPS) is 10.4. The molecule has 0 saturated carbocycles. The largest absolute Gasteiger partial charge is 0.465 e. The molecule has 0 radical (unpaired) electrons. The molecule has 0 unspecified atom stereocenters. The van der Waals surface area contributed by atoms with E-state index in [2.05, 4.69) is 49.6 Å². The van der Waals surface area contributed by atoms with E-state index < -0.39 is 0 Å². The van der Waals surface area contributed by atoms with Crippen LogP contribution >= 0.6 is 23.6 Å². The minimum atomic E-state index is -0.357. The van der Waals surface area contributed by atoms with E-state index in [-0.39, 0.29) is 5.97 Å². The highest BCUT2D eigenvalue weighted by Crippen LogP contribution is 2.30. The van der Waals surface area contributed by atoms with Gasteiger partial charge in [0.15, 0.2) is 5.11 Å². The second-order valence-electron chi connectivity index (χ2n) is 5.54. The van der Waals surface area contributed by atoms with Gasteiger partial charge in [-0.3, -0.25) is 0 Å². The molecule has 0 atom stereocenters. The number of thiophene rings is 1. The Labute approximate surface area is 158 Å². The van der Waals surface area contributed by atoms with Crippen LogP contribution in [0, 0.1) is 0 Å². The number of nitrogens with one attached hydrogen (secondary N) is 2. The quantitative estimate of drug-likeness (QED) is 0.547. The van der Waals surface area contributed by atoms with Crippen LogP contribution in [0.1, 0.15) is 47.1 Å². The van der Waals surface area contributed by atoms with E-state index in [1.165, 1.54) is 29.6 Å². The number of hydrogen-bond donors (Lipinski definition) is 2. The van der Waals surface area contributed by atoms with Gasteiger partial charge in [-0.05, 0) is 48.7 Å². The molecule has 0 bridgehead atoms. The Hall–Kier alpha value is -1.92. The molecule has 1 aromatic carbocycles. The summed E-state index contributed by atoms with van der Waals surface area (Å²) in [4.78, 5) is 13.1. The van der Waals surface area contributed by atoms with Crippen LogP contribution in [0.5, 0.6) is 0 Å². The number of benzene rings is 1. The molecule has 4 nitrogen and oxygen atoms in total. The maximum atomic E-state index is 12.0. The van der Waals surface area contributed by atoms with Crippen LogP contribution in [0.2, 0.25) is 0 Å². The fourth-order valence-corrected chi connectivity index (χ4v) is 3.88. The number of thiocarbonyl (C=S) groups is 1. The Morgan fingerprint density at radius 1 is 1.12 bits per heavy atom. The average Bonchev–Trinajstić information content (AvgIpc) is 3.03. The Balaban J connectivity index is 2.24. The molecule has 0 aliphatic rings. The number of aryl methyl sites for hydroxylation is 3. The number of para-hydroxylation sites is 1. The van der Waals surface area contributed by atoms with Crippen molar-refractivity contribution in [2.24, 2.45) is 0 Å². The molecule has 0 aliphatic heterocycles. The monoisotopic (exact) mass is 376 g/mol. The number of methoxy groups -OCH3 is 1. The van der Waals surface area contributed by atoms with E-state index in [4.69, 9.17) is 17.0 Å². The smallest absolute Gasteiger partial charge is 0.340 e. The molecule has 0 aliphatic carbocycles. The zero-order chi connectivity index (χ0) is 18.4. The first-order chi connectivity index (χ1) is 12.0. The number of esters is 1. The maximum absolute atomic E-state index is 12.0. The van der Waals surface area contributed by atoms with Crippen LogP contribution in [0.3, 0.4) is 0 Å². The number of rotatable bonds is 6. The summed E-state index contributed by atoms with van der Waals surface area (Å²) < 4.78 is 4.87. The van der Waals surface area contributed by atoms with Crippen molar-refractivity contribution in [1.82, 2.24) is 0 Å². The van der Waals surface area contributed by atoms with Gasteiger partial charge >= 0.3 is 5.97 Å². The molecule has 0 saturated heterocycles. The van der Waals surface area contributed by atoms with Gasteiger partial charge in [0.2, 0.25) is 0 Å². The zero-order valence-corrected chi connectivity index (χ0v) is 16.7. The third-order valence-electron chi connectivity index (χ3n) is 4.00. The highest BCUT2D eigenvalue weighted by Gasteiger charge is 2.17. The Bertz CT molecular complexity index is 747. The number of ether oxygens (including phenoxy) is 1. The van der Waals surface area contributed by atoms with Crippen molar-refractivity contribution in [2.45, 2.75) is 40.0 Å². The average molecular weight is 377 g/mol. The summed E-state index contributed by atoms with van der Waals surface area (Å²) in [5.74, 6) is -0.357. The summed E-state index contributed by atoms with van der Waals surface area (Å²) in [5, 5.41) is 7.68. The predicted molar refractivity (Wildman–Crippen MR) is 110 cm³/mol. The summed E-state index contributed by atoms with van der Waals surface area (Å²) in [6.07, 6.45) is 2.70. The van der Waals surface area contributed by atoms with Crippen LogP contribution < -0.4 is 10.6 Å². The van der Waals surface area contributed by atoms with Crippen molar-refractivity contribution in [3.8, 4) is 0 Å². The van der Waals surface area contributed by atoms with Crippen molar-refractivity contribution in [3.05, 3.63) is 45.8 Å². The summed E-state index contributed by atoms with van der Waals surface area (Å²) in [6.45, 7) is 6.30. The molecule has 25 heavy (non-hydrogen) atoms. The molecule has 2 aromatic rings. The summed E-state index contributed by atoms with van der Waals surface area (Å²) >= 11 is 7.02. The van der Waals surface area contributed by atoms with Crippen molar-refractivity contribution in [3.63, 3.8) is 0 Å². The number of carbonyl (C=O) groups excluding carboxylic acids is 1. The van der Waals surface area contributed by atoms with Crippen LogP contribution in [0.25, 0.3) is 0 Å². The first-order valence-electron chi connectivity index (χ1n) is 8.43. The second-order valence-corrected chi connectivity index (χ2v) is 7.08. The fourth-order valence-electron chi connectivity index (χ4n) is 2.62. The molecule has 134 valence electrons. The Kier molecular flexibility index (Phi) is 6.96. The molecule has 2 rings (SSSR count). The van der Waals surface area contributed by atoms with E-state index in [0.29, 0.717) is 15.7 Å². The molecule has 0 amide bonds. The van der Waals surface area contributed by atoms with E-state index in [1.807, 2.05) is 6.07 Å². The van der Waals surface area contributed by atoms with Crippen LogP contribution in [0.4, 0.5) is 10.7 Å². The molecule has 2 N–H and O–H groups in total. The molecular weight excluding hydrogens is 352 g/mol. The van der Waals surface area contributed by atoms with Gasteiger partial charge in [0.1, 0.15) is 5.00 Å². The third-order valence-corrected chi connectivity index (χ3v) is 5.40. The molecule has 0 spiro atoms. The lowest BCUT2D eigenvalue weighted by molar-refractivity contribution is 0.0602. The third kappa shape index (κ3) is 4.58. The maximum Gasteiger partial charge on any atom is 0.340 e. The van der Waals surface area contributed by atoms with Crippen molar-refractivity contribution in [1.29, 1.82) is 0 Å². The van der Waals surface area contributed by atoms with Crippen molar-refractivity contribution < 1.29 is 9.53 Å². The highest BCUT2D eigenvalue weighted by molar-refractivity contribution is 7.80. The van der Waals surface area contributed by atoms with Gasteiger partial charge in [-0.2, -0.15) is 0 Å². The standard InChI is InChI=1S/C19H24N2O2S2/c1-5-12-9-8-10-13(6-2)16(12)20-19(24)21-17-15(18(22)23-4)11-14(7-3)25-17/h8-11H,5-7H2,1-4H3,(H2,20,21,24). The van der Waals surface area contributed by atoms with Gasteiger partial charge < -0.3 is 15.4 Å². The highest BCUT2D eigenvalue weighted by atomic mass is 32.1. The van der Waals surface area contributed by atoms with Gasteiger partial charge in [0.25, 0.3) is 0 Å². The van der Waals surface area contributed by atoms with E-state index >= 15 is 0 Å². The molecule has 1 heterocycles. The van der Waals surface area contributed by atoms with E-state index in [9.17, 15) is 4.79 Å². The molecular formula is C19H24N2O2S2. The van der Waals surface area contributed by atoms with E-state index in [0.717, 1.165) is 29.8 Å². The first-order valence-corrected chi connectivity index (χ1v) is 9.66. The fraction of sp³-hybridized carbons (Fsp3) is 0.368. The number of anilines is 2. The molecule has 6 heteroatoms. The van der Waals surface area contributed by atoms with Gasteiger partial charge in [-0.15, -0.1) is 11.3 Å². The molecule has 0 fully saturated rings. The van der Waals surface area contributed by atoms with Crippen LogP contribution in [0.15, 0.2) is 24.3 Å². The SMILES string of the molecule is CCc1cc(C(=O)OC)c(NC(=S)Nc2c(CC)cccc2CC)s1. The minimum Gasteiger partial charge on any atom is -0.465 e. The lowest BCUT2D eigenvalue weighted by atomic mass is 10.0. The number of carbonyl (C=O) groups is 1. The lowest BCUT2D eigenvalue weighted by Gasteiger charge is -2.16. The van der Waals surface area contributed by atoms with Crippen molar-refractivity contribution in [2.75, 3.05) is 17.7 Å². The lowest BCUT2D eigenvalue weighted by Crippen LogP contribution is -2.21. The van der Waals surface area contributed by atoms with E-state index in [1.54, 1.807) is 0 Å². The van der Waals surface area contributed by atoms with Crippen LogP contribution in [-0.4, -0.2) is 18.2 Å². The van der Waals surface area contributed by atoms with Crippen LogP contribution in [-0.2, 0) is 24.0 Å². The van der Waals surface area contributed by atoms with Crippen molar-refractivity contribution >= 4 is 45.3 Å². The Morgan fingerprint density at radius 3 is 2.28 bits per heavy atom. The predicted octanol–water partition coefficient (Wildman–Crippen LogP) is 5.03. The number of hydrogen-bond acceptors (Lipinski definition) is 4. The van der Waals surface area contributed by atoms with Gasteiger partial charge in [-0.1, -0.05) is 39.0 Å². The van der Waals surface area contributed by atoms with Gasteiger partial charge in [0.05, 0.1) is 12.7 Å². The zero-order valence-electron chi connectivity index (χ0n) is 15.1. The minimum absolute atomic E-state index is 0.357. The summed E-state index contributed by atoms with van der Waals surface area (Å²) in [6, 6.07) is 8.13. The molecule has 1 aromatic heterocycles.